The Morgan fingerprint density at radius 2 is 2.05 bits per heavy atom. The summed E-state index contributed by atoms with van der Waals surface area (Å²) in [6.07, 6.45) is 2.64. The Balaban J connectivity index is 2.18. The molecule has 0 aliphatic carbocycles. The van der Waals surface area contributed by atoms with Crippen molar-refractivity contribution in [1.82, 2.24) is 4.98 Å². The molecule has 0 spiro atoms. The Kier molecular flexibility index (Phi) is 4.10. The second-order valence-corrected chi connectivity index (χ2v) is 4.85. The molecule has 1 aromatic carbocycles. The summed E-state index contributed by atoms with van der Waals surface area (Å²) >= 11 is 6.13. The third kappa shape index (κ3) is 3.19. The number of hydrogen-bond acceptors (Lipinski definition) is 4. The molecule has 5 nitrogen and oxygen atoms in total. The fourth-order valence-electron chi connectivity index (χ4n) is 1.70. The minimum atomic E-state index is -0.359. The van der Waals surface area contributed by atoms with E-state index in [0.717, 1.165) is 5.69 Å². The Morgan fingerprint density at radius 3 is 2.65 bits per heavy atom. The SMILES string of the molecule is CN(C)c1ccc(NC(=O)c2cncc(O)c2)cc1Cl. The lowest BCUT2D eigenvalue weighted by Crippen LogP contribution is -2.13. The van der Waals surface area contributed by atoms with E-state index >= 15 is 0 Å². The number of halogens is 1. The van der Waals surface area contributed by atoms with Crippen molar-refractivity contribution in [3.63, 3.8) is 0 Å². The van der Waals surface area contributed by atoms with Gasteiger partial charge in [0.15, 0.2) is 0 Å². The van der Waals surface area contributed by atoms with Crippen LogP contribution in [0.1, 0.15) is 10.4 Å². The van der Waals surface area contributed by atoms with Crippen molar-refractivity contribution in [3.05, 3.63) is 47.2 Å². The molecule has 0 bridgehead atoms. The van der Waals surface area contributed by atoms with Crippen molar-refractivity contribution < 1.29 is 9.90 Å². The second kappa shape index (κ2) is 5.79. The van der Waals surface area contributed by atoms with Gasteiger partial charge in [-0.05, 0) is 24.3 Å². The van der Waals surface area contributed by atoms with Crippen LogP contribution in [-0.2, 0) is 0 Å². The summed E-state index contributed by atoms with van der Waals surface area (Å²) in [6.45, 7) is 0. The molecule has 0 unspecified atom stereocenters. The smallest absolute Gasteiger partial charge is 0.257 e. The summed E-state index contributed by atoms with van der Waals surface area (Å²) in [6, 6.07) is 6.59. The van der Waals surface area contributed by atoms with Crippen LogP contribution in [0, 0.1) is 0 Å². The van der Waals surface area contributed by atoms with E-state index in [-0.39, 0.29) is 17.2 Å². The number of carbonyl (C=O) groups is 1. The first-order chi connectivity index (χ1) is 9.47. The molecule has 0 radical (unpaired) electrons. The first kappa shape index (κ1) is 14.1. The lowest BCUT2D eigenvalue weighted by molar-refractivity contribution is 0.102. The van der Waals surface area contributed by atoms with Crippen LogP contribution in [0.3, 0.4) is 0 Å². The van der Waals surface area contributed by atoms with E-state index < -0.39 is 0 Å². The lowest BCUT2D eigenvalue weighted by Gasteiger charge is -2.15. The zero-order valence-corrected chi connectivity index (χ0v) is 11.8. The molecule has 1 heterocycles. The maximum absolute atomic E-state index is 12.0. The largest absolute Gasteiger partial charge is 0.506 e. The number of anilines is 2. The molecule has 104 valence electrons. The van der Waals surface area contributed by atoms with Gasteiger partial charge in [0.1, 0.15) is 5.75 Å². The third-order valence-corrected chi connectivity index (χ3v) is 2.98. The highest BCUT2D eigenvalue weighted by molar-refractivity contribution is 6.33. The van der Waals surface area contributed by atoms with Crippen molar-refractivity contribution in [1.29, 1.82) is 0 Å². The van der Waals surface area contributed by atoms with Crippen molar-refractivity contribution in [3.8, 4) is 5.75 Å². The van der Waals surface area contributed by atoms with Gasteiger partial charge in [-0.3, -0.25) is 9.78 Å². The lowest BCUT2D eigenvalue weighted by atomic mass is 10.2. The maximum Gasteiger partial charge on any atom is 0.257 e. The third-order valence-electron chi connectivity index (χ3n) is 2.67. The molecule has 0 saturated heterocycles. The highest BCUT2D eigenvalue weighted by Crippen LogP contribution is 2.27. The van der Waals surface area contributed by atoms with Gasteiger partial charge in [-0.2, -0.15) is 0 Å². The molecule has 0 saturated carbocycles. The van der Waals surface area contributed by atoms with Crippen LogP contribution in [0.4, 0.5) is 11.4 Å². The molecule has 1 aromatic heterocycles. The summed E-state index contributed by atoms with van der Waals surface area (Å²) in [5.41, 5.74) is 1.72. The van der Waals surface area contributed by atoms with Crippen LogP contribution in [0.25, 0.3) is 0 Å². The van der Waals surface area contributed by atoms with Crippen LogP contribution < -0.4 is 10.2 Å². The van der Waals surface area contributed by atoms with E-state index in [4.69, 9.17) is 11.6 Å². The zero-order valence-electron chi connectivity index (χ0n) is 11.1. The summed E-state index contributed by atoms with van der Waals surface area (Å²) in [4.78, 5) is 17.6. The fourth-order valence-corrected chi connectivity index (χ4v) is 2.05. The first-order valence-corrected chi connectivity index (χ1v) is 6.27. The molecule has 0 fully saturated rings. The summed E-state index contributed by atoms with van der Waals surface area (Å²) in [7, 11) is 3.77. The van der Waals surface area contributed by atoms with Crippen molar-refractivity contribution in [2.45, 2.75) is 0 Å². The van der Waals surface area contributed by atoms with Gasteiger partial charge < -0.3 is 15.3 Å². The number of rotatable bonds is 3. The maximum atomic E-state index is 12.0. The Hall–Kier alpha value is -2.27. The van der Waals surface area contributed by atoms with E-state index in [1.54, 1.807) is 12.1 Å². The van der Waals surface area contributed by atoms with Crippen molar-refractivity contribution in [2.75, 3.05) is 24.3 Å². The number of nitrogens with one attached hydrogen (secondary N) is 1. The number of amides is 1. The normalized spacial score (nSPS) is 10.2. The number of benzene rings is 1. The number of aromatic nitrogens is 1. The molecule has 0 atom stereocenters. The van der Waals surface area contributed by atoms with Gasteiger partial charge in [-0.1, -0.05) is 11.6 Å². The van der Waals surface area contributed by atoms with Gasteiger partial charge in [-0.15, -0.1) is 0 Å². The predicted octanol–water partition coefficient (Wildman–Crippen LogP) is 2.76. The summed E-state index contributed by atoms with van der Waals surface area (Å²) in [5, 5.41) is 12.5. The van der Waals surface area contributed by atoms with E-state index in [1.807, 2.05) is 25.1 Å². The van der Waals surface area contributed by atoms with Crippen LogP contribution >= 0.6 is 11.6 Å². The Morgan fingerprint density at radius 1 is 1.30 bits per heavy atom. The first-order valence-electron chi connectivity index (χ1n) is 5.89. The Bertz CT molecular complexity index is 644. The van der Waals surface area contributed by atoms with Crippen LogP contribution in [-0.4, -0.2) is 30.1 Å². The molecule has 20 heavy (non-hydrogen) atoms. The number of nitrogens with zero attached hydrogens (tertiary/aromatic N) is 2. The van der Waals surface area contributed by atoms with E-state index in [2.05, 4.69) is 10.3 Å². The summed E-state index contributed by atoms with van der Waals surface area (Å²) in [5.74, 6) is -0.416. The summed E-state index contributed by atoms with van der Waals surface area (Å²) < 4.78 is 0. The van der Waals surface area contributed by atoms with Gasteiger partial charge >= 0.3 is 0 Å². The van der Waals surface area contributed by atoms with Crippen molar-refractivity contribution in [2.24, 2.45) is 0 Å². The average Bonchev–Trinajstić information content (AvgIpc) is 2.38. The Labute approximate surface area is 121 Å². The topological polar surface area (TPSA) is 65.5 Å². The molecule has 2 rings (SSSR count). The number of pyridine rings is 1. The standard InChI is InChI=1S/C14H14ClN3O2/c1-18(2)13-4-3-10(6-12(13)15)17-14(20)9-5-11(19)8-16-7-9/h3-8,19H,1-2H3,(H,17,20). The van der Waals surface area contributed by atoms with Crippen LogP contribution in [0.15, 0.2) is 36.7 Å². The van der Waals surface area contributed by atoms with E-state index in [9.17, 15) is 9.90 Å². The van der Waals surface area contributed by atoms with Crippen LogP contribution in [0.2, 0.25) is 5.02 Å². The number of aromatic hydroxyl groups is 1. The van der Waals surface area contributed by atoms with Gasteiger partial charge in [0.2, 0.25) is 0 Å². The fraction of sp³-hybridized carbons (Fsp3) is 0.143. The van der Waals surface area contributed by atoms with Gasteiger partial charge in [0, 0.05) is 26.0 Å². The molecule has 0 aliphatic heterocycles. The zero-order chi connectivity index (χ0) is 14.7. The van der Waals surface area contributed by atoms with E-state index in [1.165, 1.54) is 18.5 Å². The highest BCUT2D eigenvalue weighted by Gasteiger charge is 2.09. The minimum absolute atomic E-state index is 0.0568. The number of carbonyl (C=O) groups excluding carboxylic acids is 1. The van der Waals surface area contributed by atoms with Gasteiger partial charge in [0.05, 0.1) is 22.5 Å². The number of hydrogen-bond donors (Lipinski definition) is 2. The molecule has 0 aliphatic rings. The molecule has 2 N–H and O–H groups in total. The minimum Gasteiger partial charge on any atom is -0.506 e. The van der Waals surface area contributed by atoms with Crippen molar-refractivity contribution >= 4 is 28.9 Å². The van der Waals surface area contributed by atoms with Crippen LogP contribution in [0.5, 0.6) is 5.75 Å². The van der Waals surface area contributed by atoms with E-state index in [0.29, 0.717) is 10.7 Å². The quantitative estimate of drug-likeness (QED) is 0.912. The second-order valence-electron chi connectivity index (χ2n) is 4.45. The molecular formula is C14H14ClN3O2. The highest BCUT2D eigenvalue weighted by atomic mass is 35.5. The van der Waals surface area contributed by atoms with Gasteiger partial charge in [0.25, 0.3) is 5.91 Å². The molecule has 6 heteroatoms. The predicted molar refractivity (Wildman–Crippen MR) is 79.6 cm³/mol. The monoisotopic (exact) mass is 291 g/mol. The molecule has 2 aromatic rings. The molecule has 1 amide bonds. The molecular weight excluding hydrogens is 278 g/mol. The average molecular weight is 292 g/mol. The van der Waals surface area contributed by atoms with Gasteiger partial charge in [-0.25, -0.2) is 0 Å².